The second kappa shape index (κ2) is 7.13. The van der Waals surface area contributed by atoms with Gasteiger partial charge in [-0.05, 0) is 6.92 Å². The van der Waals surface area contributed by atoms with E-state index in [2.05, 4.69) is 9.97 Å². The van der Waals surface area contributed by atoms with Crippen LogP contribution in [-0.2, 0) is 4.57 Å². The van der Waals surface area contributed by atoms with Crippen LogP contribution >= 0.6 is 7.82 Å². The average molecular weight is 248 g/mol. The molecule has 0 bridgehead atoms. The molecule has 5 N–H and O–H groups in total. The summed E-state index contributed by atoms with van der Waals surface area (Å²) in [6, 6.07) is 0. The third kappa shape index (κ3) is 11.7. The summed E-state index contributed by atoms with van der Waals surface area (Å²) in [7, 11) is -4.64. The van der Waals surface area contributed by atoms with Crippen LogP contribution in [0.15, 0.2) is 15.8 Å². The van der Waals surface area contributed by atoms with Crippen molar-refractivity contribution in [3.63, 3.8) is 0 Å². The van der Waals surface area contributed by atoms with Crippen molar-refractivity contribution >= 4 is 37.4 Å². The van der Waals surface area contributed by atoms with Gasteiger partial charge in [0, 0.05) is 11.8 Å². The Morgan fingerprint density at radius 1 is 1.27 bits per heavy atom. The molecule has 1 heterocycles. The molecule has 0 unspecified atom stereocenters. The van der Waals surface area contributed by atoms with E-state index >= 15 is 0 Å². The van der Waals surface area contributed by atoms with Gasteiger partial charge in [-0.1, -0.05) is 0 Å². The number of hydrogen-bond acceptors (Lipinski definition) is 3. The van der Waals surface area contributed by atoms with Crippen molar-refractivity contribution in [1.29, 1.82) is 0 Å². The molecule has 82 valence electrons. The Morgan fingerprint density at radius 3 is 1.93 bits per heavy atom. The van der Waals surface area contributed by atoms with Gasteiger partial charge >= 0.3 is 43.1 Å². The molecule has 0 aromatic carbocycles. The summed E-state index contributed by atoms with van der Waals surface area (Å²) in [6.45, 7) is 1.62. The zero-order chi connectivity index (χ0) is 11.4. The zero-order valence-corrected chi connectivity index (χ0v) is 7.99. The van der Waals surface area contributed by atoms with Gasteiger partial charge in [0.2, 0.25) is 0 Å². The van der Waals surface area contributed by atoms with Gasteiger partial charge in [-0.15, -0.1) is 0 Å². The summed E-state index contributed by atoms with van der Waals surface area (Å²) in [5.41, 5.74) is -0.293. The summed E-state index contributed by atoms with van der Waals surface area (Å²) >= 11 is 0. The first-order valence-electron chi connectivity index (χ1n) is 3.27. The average Bonchev–Trinajstić information content (AvgIpc) is 1.94. The second-order valence-electron chi connectivity index (χ2n) is 2.27. The fraction of sp³-hybridized carbons (Fsp3) is 0.200. The normalized spacial score (nSPS) is 9.60. The summed E-state index contributed by atoms with van der Waals surface area (Å²) in [4.78, 5) is 46.9. The van der Waals surface area contributed by atoms with Crippen molar-refractivity contribution in [3.05, 3.63) is 32.6 Å². The number of H-pyrrole nitrogens is 2. The first-order chi connectivity index (χ1) is 6.20. The minimum atomic E-state index is -4.64. The van der Waals surface area contributed by atoms with Gasteiger partial charge in [-0.2, -0.15) is 0 Å². The monoisotopic (exact) mass is 248 g/mol. The minimum absolute atomic E-state index is 0. The van der Waals surface area contributed by atoms with Crippen molar-refractivity contribution in [1.82, 2.24) is 9.97 Å². The molecule has 15 heavy (non-hydrogen) atoms. The molecule has 0 amide bonds. The molecule has 1 rings (SSSR count). The maximum atomic E-state index is 10.6. The Hall–Kier alpha value is -0.210. The topological polar surface area (TPSA) is 143 Å². The van der Waals surface area contributed by atoms with E-state index in [4.69, 9.17) is 19.2 Å². The van der Waals surface area contributed by atoms with Crippen LogP contribution in [0, 0.1) is 6.92 Å². The first-order valence-corrected chi connectivity index (χ1v) is 4.83. The van der Waals surface area contributed by atoms with Crippen LogP contribution in [0.25, 0.3) is 0 Å². The standard InChI is InChI=1S/C5H6N2O2.Na.H3O4P.H/c1-3-2-6-5(9)7-4(3)8;;1-5(2,3)4;/h2H,1H3,(H2,6,7,8,9);;(H3,1,2,3,4);. The summed E-state index contributed by atoms with van der Waals surface area (Å²) < 4.78 is 8.88. The van der Waals surface area contributed by atoms with Gasteiger partial charge < -0.3 is 19.7 Å². The van der Waals surface area contributed by atoms with E-state index < -0.39 is 13.5 Å². The third-order valence-corrected chi connectivity index (χ3v) is 1.00. The van der Waals surface area contributed by atoms with Gasteiger partial charge in [0.1, 0.15) is 0 Å². The van der Waals surface area contributed by atoms with Gasteiger partial charge in [-0.3, -0.25) is 9.78 Å². The molecular weight excluding hydrogens is 238 g/mol. The van der Waals surface area contributed by atoms with Crippen molar-refractivity contribution in [2.24, 2.45) is 0 Å². The molecule has 1 aromatic rings. The predicted octanol–water partition coefficient (Wildman–Crippen LogP) is -2.21. The Kier molecular flexibility index (Phi) is 8.17. The Labute approximate surface area is 106 Å². The molecule has 1 aromatic heterocycles. The van der Waals surface area contributed by atoms with Crippen LogP contribution in [0.2, 0.25) is 0 Å². The number of aromatic amines is 2. The van der Waals surface area contributed by atoms with Crippen LogP contribution < -0.4 is 11.2 Å². The zero-order valence-electron chi connectivity index (χ0n) is 7.09. The van der Waals surface area contributed by atoms with E-state index in [9.17, 15) is 9.59 Å². The Bertz CT molecular complexity index is 439. The molecule has 0 aliphatic heterocycles. The second-order valence-corrected chi connectivity index (χ2v) is 3.29. The van der Waals surface area contributed by atoms with E-state index in [-0.39, 0.29) is 35.1 Å². The van der Waals surface area contributed by atoms with E-state index in [1.54, 1.807) is 6.92 Å². The van der Waals surface area contributed by atoms with Crippen molar-refractivity contribution in [2.75, 3.05) is 0 Å². The van der Waals surface area contributed by atoms with Crippen LogP contribution in [0.3, 0.4) is 0 Å². The summed E-state index contributed by atoms with van der Waals surface area (Å²) in [6.07, 6.45) is 1.38. The molecule has 0 aliphatic carbocycles. The van der Waals surface area contributed by atoms with Gasteiger partial charge in [0.25, 0.3) is 5.56 Å². The first kappa shape index (κ1) is 17.2. The molecule has 0 atom stereocenters. The van der Waals surface area contributed by atoms with Crippen molar-refractivity contribution in [3.8, 4) is 0 Å². The van der Waals surface area contributed by atoms with E-state index in [0.29, 0.717) is 5.56 Å². The third-order valence-electron chi connectivity index (χ3n) is 1.00. The number of phosphoric acid groups is 1. The van der Waals surface area contributed by atoms with Gasteiger partial charge in [-0.25, -0.2) is 9.36 Å². The number of rotatable bonds is 0. The molecule has 0 spiro atoms. The van der Waals surface area contributed by atoms with Crippen LogP contribution in [-0.4, -0.2) is 54.2 Å². The number of aryl methyl sites for hydroxylation is 1. The molecule has 10 heteroatoms. The quantitative estimate of drug-likeness (QED) is 0.260. The Morgan fingerprint density at radius 2 is 1.67 bits per heavy atom. The SMILES string of the molecule is Cc1c[nH]c(=O)[nH]c1=O.O=P(O)(O)O.[NaH]. The molecule has 0 saturated heterocycles. The fourth-order valence-electron chi connectivity index (χ4n) is 0.477. The number of aromatic nitrogens is 2. The maximum absolute atomic E-state index is 10.6. The van der Waals surface area contributed by atoms with Gasteiger partial charge in [0.15, 0.2) is 0 Å². The van der Waals surface area contributed by atoms with Crippen molar-refractivity contribution in [2.45, 2.75) is 6.92 Å². The number of hydrogen-bond donors (Lipinski definition) is 5. The summed E-state index contributed by atoms with van der Waals surface area (Å²) in [5, 5.41) is 0. The van der Waals surface area contributed by atoms with Crippen LogP contribution in [0.5, 0.6) is 0 Å². The number of nitrogens with one attached hydrogen (secondary N) is 2. The van der Waals surface area contributed by atoms with E-state index in [1.165, 1.54) is 6.20 Å². The van der Waals surface area contributed by atoms with Crippen molar-refractivity contribution < 1.29 is 19.2 Å². The van der Waals surface area contributed by atoms with Gasteiger partial charge in [0.05, 0.1) is 0 Å². The molecular formula is C5H10N2NaO6P. The van der Waals surface area contributed by atoms with E-state index in [1.807, 2.05) is 0 Å². The molecule has 0 aliphatic rings. The molecule has 8 nitrogen and oxygen atoms in total. The Balaban J connectivity index is 0. The van der Waals surface area contributed by atoms with Crippen LogP contribution in [0.4, 0.5) is 0 Å². The predicted molar refractivity (Wildman–Crippen MR) is 53.8 cm³/mol. The molecule has 0 radical (unpaired) electrons. The summed E-state index contributed by atoms with van der Waals surface area (Å²) in [5.74, 6) is 0. The van der Waals surface area contributed by atoms with Crippen LogP contribution in [0.1, 0.15) is 5.56 Å². The fourth-order valence-corrected chi connectivity index (χ4v) is 0.477. The molecule has 0 saturated carbocycles. The van der Waals surface area contributed by atoms with E-state index in [0.717, 1.165) is 0 Å². The molecule has 0 fully saturated rings.